The molecule has 0 aliphatic carbocycles. The lowest BCUT2D eigenvalue weighted by molar-refractivity contribution is 0.680. The van der Waals surface area contributed by atoms with E-state index < -0.39 is 0 Å². The third kappa shape index (κ3) is 1.72. The molecule has 1 aliphatic heterocycles. The zero-order valence-electron chi connectivity index (χ0n) is 7.86. The number of hydrogen-bond donors (Lipinski definition) is 1. The molecule has 1 nitrogen and oxygen atoms in total. The van der Waals surface area contributed by atoms with Crippen molar-refractivity contribution in [1.29, 1.82) is 0 Å². The molecule has 70 valence electrons. The van der Waals surface area contributed by atoms with Gasteiger partial charge in [0.15, 0.2) is 0 Å². The van der Waals surface area contributed by atoms with Gasteiger partial charge in [-0.25, -0.2) is 0 Å². The van der Waals surface area contributed by atoms with E-state index >= 15 is 0 Å². The summed E-state index contributed by atoms with van der Waals surface area (Å²) < 4.78 is 0. The highest BCUT2D eigenvalue weighted by atomic mass is 35.5. The maximum atomic E-state index is 6.24. The topological polar surface area (TPSA) is 12.0 Å². The minimum atomic E-state index is 0.926. The lowest BCUT2D eigenvalue weighted by Crippen LogP contribution is -2.12. The lowest BCUT2D eigenvalue weighted by atomic mass is 10.0. The summed E-state index contributed by atoms with van der Waals surface area (Å²) in [7, 11) is 0. The Labute approximate surface area is 84.1 Å². The zero-order chi connectivity index (χ0) is 9.26. The fourth-order valence-corrected chi connectivity index (χ4v) is 2.07. The van der Waals surface area contributed by atoms with Crippen LogP contribution in [0.15, 0.2) is 12.1 Å². The Morgan fingerprint density at radius 1 is 1.38 bits per heavy atom. The largest absolute Gasteiger partial charge is 0.313 e. The fourth-order valence-electron chi connectivity index (χ4n) is 1.82. The van der Waals surface area contributed by atoms with Gasteiger partial charge in [-0.15, -0.1) is 0 Å². The smallest absolute Gasteiger partial charge is 0.0482 e. The van der Waals surface area contributed by atoms with Crippen LogP contribution in [0.25, 0.3) is 0 Å². The van der Waals surface area contributed by atoms with Crippen LogP contribution >= 0.6 is 11.6 Å². The van der Waals surface area contributed by atoms with Crippen LogP contribution in [0.4, 0.5) is 0 Å². The summed E-state index contributed by atoms with van der Waals surface area (Å²) in [6.45, 7) is 4.09. The first-order chi connectivity index (χ1) is 6.29. The summed E-state index contributed by atoms with van der Waals surface area (Å²) in [5, 5.41) is 4.34. The van der Waals surface area contributed by atoms with Crippen molar-refractivity contribution in [2.75, 3.05) is 6.54 Å². The van der Waals surface area contributed by atoms with Crippen molar-refractivity contribution >= 4 is 11.6 Å². The van der Waals surface area contributed by atoms with E-state index in [4.69, 9.17) is 11.6 Å². The summed E-state index contributed by atoms with van der Waals surface area (Å²) in [5.74, 6) is 0. The Morgan fingerprint density at radius 3 is 3.08 bits per heavy atom. The Hall–Kier alpha value is -0.530. The number of fused-ring (bicyclic) bond motifs is 1. The first-order valence-corrected chi connectivity index (χ1v) is 5.14. The molecule has 1 aromatic rings. The summed E-state index contributed by atoms with van der Waals surface area (Å²) in [6.07, 6.45) is 2.37. The predicted octanol–water partition coefficient (Wildman–Crippen LogP) is 2.68. The predicted molar refractivity (Wildman–Crippen MR) is 56.2 cm³/mol. The second kappa shape index (κ2) is 3.69. The number of rotatable bonds is 0. The van der Waals surface area contributed by atoms with Crippen LogP contribution in [0.1, 0.15) is 23.1 Å². The Bertz CT molecular complexity index is 320. The van der Waals surface area contributed by atoms with Gasteiger partial charge in [-0.2, -0.15) is 0 Å². The number of aryl methyl sites for hydroxylation is 2. The molecule has 0 fully saturated rings. The zero-order valence-corrected chi connectivity index (χ0v) is 8.62. The second-order valence-electron chi connectivity index (χ2n) is 3.61. The molecule has 0 radical (unpaired) electrons. The number of benzene rings is 1. The van der Waals surface area contributed by atoms with Crippen molar-refractivity contribution in [3.05, 3.63) is 33.8 Å². The van der Waals surface area contributed by atoms with E-state index in [-0.39, 0.29) is 0 Å². The van der Waals surface area contributed by atoms with Crippen molar-refractivity contribution < 1.29 is 0 Å². The first kappa shape index (κ1) is 9.04. The molecule has 1 aromatic carbocycles. The Kier molecular flexibility index (Phi) is 2.56. The van der Waals surface area contributed by atoms with Crippen LogP contribution in [-0.2, 0) is 13.0 Å². The molecule has 0 amide bonds. The number of hydrogen-bond acceptors (Lipinski definition) is 1. The molecule has 0 unspecified atom stereocenters. The average molecular weight is 196 g/mol. The highest BCUT2D eigenvalue weighted by molar-refractivity contribution is 6.32. The van der Waals surface area contributed by atoms with Crippen LogP contribution in [0, 0.1) is 6.92 Å². The summed E-state index contributed by atoms with van der Waals surface area (Å²) >= 11 is 6.24. The van der Waals surface area contributed by atoms with Crippen molar-refractivity contribution in [2.24, 2.45) is 0 Å². The average Bonchev–Trinajstić information content (AvgIpc) is 2.36. The van der Waals surface area contributed by atoms with E-state index in [1.54, 1.807) is 0 Å². The molecule has 2 rings (SSSR count). The van der Waals surface area contributed by atoms with E-state index in [1.807, 2.05) is 0 Å². The van der Waals surface area contributed by atoms with Gasteiger partial charge < -0.3 is 5.32 Å². The normalized spacial score (nSPS) is 16.5. The fraction of sp³-hybridized carbons (Fsp3) is 0.455. The second-order valence-corrected chi connectivity index (χ2v) is 3.99. The quantitative estimate of drug-likeness (QED) is 0.671. The molecule has 0 saturated carbocycles. The van der Waals surface area contributed by atoms with Crippen LogP contribution in [-0.4, -0.2) is 6.54 Å². The molecule has 1 heterocycles. The standard InChI is InChI=1S/C11H14ClN/c1-8-4-5-9-3-2-6-13-7-10(9)11(8)12/h4-5,13H,2-3,6-7H2,1H3. The lowest BCUT2D eigenvalue weighted by Gasteiger charge is -2.09. The summed E-state index contributed by atoms with van der Waals surface area (Å²) in [5.41, 5.74) is 3.91. The van der Waals surface area contributed by atoms with E-state index in [9.17, 15) is 0 Å². The Morgan fingerprint density at radius 2 is 2.23 bits per heavy atom. The van der Waals surface area contributed by atoms with Crippen molar-refractivity contribution in [3.63, 3.8) is 0 Å². The van der Waals surface area contributed by atoms with Gasteiger partial charge >= 0.3 is 0 Å². The van der Waals surface area contributed by atoms with Gasteiger partial charge in [0.05, 0.1) is 0 Å². The van der Waals surface area contributed by atoms with E-state index in [1.165, 1.54) is 23.1 Å². The third-order valence-corrected chi connectivity index (χ3v) is 3.16. The van der Waals surface area contributed by atoms with Gasteiger partial charge in [0, 0.05) is 11.6 Å². The molecule has 1 aliphatic rings. The van der Waals surface area contributed by atoms with E-state index in [0.717, 1.165) is 24.5 Å². The Balaban J connectivity index is 2.48. The van der Waals surface area contributed by atoms with Crippen molar-refractivity contribution in [1.82, 2.24) is 5.32 Å². The van der Waals surface area contributed by atoms with Gasteiger partial charge in [0.1, 0.15) is 0 Å². The maximum absolute atomic E-state index is 6.24. The molecule has 2 heteroatoms. The van der Waals surface area contributed by atoms with Crippen LogP contribution in [0.5, 0.6) is 0 Å². The molecule has 13 heavy (non-hydrogen) atoms. The molecule has 0 aromatic heterocycles. The van der Waals surface area contributed by atoms with E-state index in [2.05, 4.69) is 24.4 Å². The number of halogens is 1. The maximum Gasteiger partial charge on any atom is 0.0482 e. The van der Waals surface area contributed by atoms with Gasteiger partial charge in [0.25, 0.3) is 0 Å². The van der Waals surface area contributed by atoms with Crippen LogP contribution in [0.2, 0.25) is 5.02 Å². The van der Waals surface area contributed by atoms with Gasteiger partial charge in [0.2, 0.25) is 0 Å². The molecule has 0 bridgehead atoms. The molecule has 0 spiro atoms. The number of nitrogens with one attached hydrogen (secondary N) is 1. The van der Waals surface area contributed by atoms with Crippen LogP contribution < -0.4 is 5.32 Å². The van der Waals surface area contributed by atoms with Crippen molar-refractivity contribution in [2.45, 2.75) is 26.3 Å². The van der Waals surface area contributed by atoms with Gasteiger partial charge in [-0.05, 0) is 43.0 Å². The van der Waals surface area contributed by atoms with Crippen LogP contribution in [0.3, 0.4) is 0 Å². The molecular formula is C11H14ClN. The summed E-state index contributed by atoms with van der Waals surface area (Å²) in [6, 6.07) is 4.33. The van der Waals surface area contributed by atoms with E-state index in [0.29, 0.717) is 0 Å². The SMILES string of the molecule is Cc1ccc2c(c1Cl)CNCCC2. The van der Waals surface area contributed by atoms with Gasteiger partial charge in [-0.3, -0.25) is 0 Å². The summed E-state index contributed by atoms with van der Waals surface area (Å²) in [4.78, 5) is 0. The van der Waals surface area contributed by atoms with Gasteiger partial charge in [-0.1, -0.05) is 23.7 Å². The highest BCUT2D eigenvalue weighted by Gasteiger charge is 2.11. The molecule has 0 saturated heterocycles. The first-order valence-electron chi connectivity index (χ1n) is 4.76. The highest BCUT2D eigenvalue weighted by Crippen LogP contribution is 2.26. The third-order valence-electron chi connectivity index (χ3n) is 2.63. The van der Waals surface area contributed by atoms with Crippen molar-refractivity contribution in [3.8, 4) is 0 Å². The minimum Gasteiger partial charge on any atom is -0.313 e. The molecule has 1 N–H and O–H groups in total. The monoisotopic (exact) mass is 195 g/mol. The minimum absolute atomic E-state index is 0.926. The molecule has 0 atom stereocenters. The molecular weight excluding hydrogens is 182 g/mol.